The van der Waals surface area contributed by atoms with Crippen LogP contribution in [0, 0.1) is 16.2 Å². The molecule has 1 saturated heterocycles. The molecular formula is C14H14O3. The molecule has 4 atom stereocenters. The van der Waals surface area contributed by atoms with Gasteiger partial charge in [0.1, 0.15) is 0 Å². The second-order valence-corrected chi connectivity index (χ2v) is 6.14. The number of carbonyl (C=O) groups is 2. The van der Waals surface area contributed by atoms with Gasteiger partial charge in [-0.05, 0) is 19.4 Å². The molecule has 4 rings (SSSR count). The number of hydrogen-bond acceptors (Lipinski definition) is 3. The van der Waals surface area contributed by atoms with Gasteiger partial charge in [-0.3, -0.25) is 9.59 Å². The predicted octanol–water partition coefficient (Wildman–Crippen LogP) is 1.78. The molecule has 0 bridgehead atoms. The lowest BCUT2D eigenvalue weighted by molar-refractivity contribution is -0.155. The third-order valence-electron chi connectivity index (χ3n) is 5.76. The summed E-state index contributed by atoms with van der Waals surface area (Å²) in [4.78, 5) is 24.5. The highest BCUT2D eigenvalue weighted by Gasteiger charge is 2.84. The Labute approximate surface area is 99.5 Å². The second kappa shape index (κ2) is 2.14. The van der Waals surface area contributed by atoms with Crippen molar-refractivity contribution in [2.75, 3.05) is 0 Å². The van der Waals surface area contributed by atoms with E-state index in [4.69, 9.17) is 4.74 Å². The number of rotatable bonds is 0. The molecule has 1 heterocycles. The van der Waals surface area contributed by atoms with E-state index in [9.17, 15) is 9.59 Å². The zero-order valence-corrected chi connectivity index (χ0v) is 9.95. The van der Waals surface area contributed by atoms with Crippen LogP contribution in [0.5, 0.6) is 0 Å². The molecule has 0 unspecified atom stereocenters. The lowest BCUT2D eigenvalue weighted by Crippen LogP contribution is -2.53. The van der Waals surface area contributed by atoms with E-state index in [0.717, 1.165) is 0 Å². The molecule has 1 saturated carbocycles. The first-order chi connectivity index (χ1) is 7.92. The zero-order chi connectivity index (χ0) is 12.1. The lowest BCUT2D eigenvalue weighted by Gasteiger charge is -2.49. The van der Waals surface area contributed by atoms with E-state index < -0.39 is 16.4 Å². The van der Waals surface area contributed by atoms with Gasteiger partial charge in [0.2, 0.25) is 0 Å². The lowest BCUT2D eigenvalue weighted by atomic mass is 9.55. The van der Waals surface area contributed by atoms with Crippen molar-refractivity contribution in [3.05, 3.63) is 24.3 Å². The van der Waals surface area contributed by atoms with E-state index in [1.165, 1.54) is 0 Å². The number of fused-ring (bicyclic) bond motifs is 1. The van der Waals surface area contributed by atoms with Gasteiger partial charge in [0.15, 0.2) is 11.4 Å². The van der Waals surface area contributed by atoms with Crippen LogP contribution in [0.15, 0.2) is 24.3 Å². The van der Waals surface area contributed by atoms with Gasteiger partial charge in [0.05, 0.1) is 17.3 Å². The molecule has 3 aliphatic carbocycles. The maximum atomic E-state index is 12.8. The first-order valence-corrected chi connectivity index (χ1v) is 6.07. The standard InChI is InChI=1S/C14H14O3/c1-11-6-7-12(11,2)14-5-3-4-13(14,10(11)16)8-9(15)17-14/h3,5-7H,4,8H2,1-2H3/t11-,12-,13-,14+/m1/s1. The van der Waals surface area contributed by atoms with Gasteiger partial charge in [0, 0.05) is 5.41 Å². The third kappa shape index (κ3) is 0.594. The highest BCUT2D eigenvalue weighted by Crippen LogP contribution is 2.76. The summed E-state index contributed by atoms with van der Waals surface area (Å²) < 4.78 is 5.66. The summed E-state index contributed by atoms with van der Waals surface area (Å²) in [6, 6.07) is 0. The van der Waals surface area contributed by atoms with Crippen LogP contribution in [0.1, 0.15) is 26.7 Å². The quantitative estimate of drug-likeness (QED) is 0.470. The average molecular weight is 230 g/mol. The number of ether oxygens (including phenoxy) is 1. The van der Waals surface area contributed by atoms with Crippen molar-refractivity contribution in [3.63, 3.8) is 0 Å². The molecule has 3 nitrogen and oxygen atoms in total. The summed E-state index contributed by atoms with van der Waals surface area (Å²) in [5.41, 5.74) is -2.16. The molecule has 2 fully saturated rings. The highest BCUT2D eigenvalue weighted by molar-refractivity contribution is 6.05. The predicted molar refractivity (Wildman–Crippen MR) is 60.0 cm³/mol. The number of carbonyl (C=O) groups excluding carboxylic acids is 2. The Hall–Kier alpha value is -1.38. The van der Waals surface area contributed by atoms with Gasteiger partial charge in [-0.2, -0.15) is 0 Å². The summed E-state index contributed by atoms with van der Waals surface area (Å²) >= 11 is 0. The SMILES string of the molecule is C[C@@]12C=C[C@]1(C)C(=O)[C@]13CC=C[C@@]12OC(=O)C3. The molecule has 0 radical (unpaired) electrons. The van der Waals surface area contributed by atoms with Crippen LogP contribution in [0.3, 0.4) is 0 Å². The van der Waals surface area contributed by atoms with Crippen LogP contribution in [0.4, 0.5) is 0 Å². The fourth-order valence-electron chi connectivity index (χ4n) is 4.55. The Bertz CT molecular complexity index is 546. The van der Waals surface area contributed by atoms with Crippen LogP contribution >= 0.6 is 0 Å². The minimum atomic E-state index is -0.711. The van der Waals surface area contributed by atoms with Crippen molar-refractivity contribution in [2.45, 2.75) is 32.3 Å². The molecule has 0 N–H and O–H groups in total. The maximum Gasteiger partial charge on any atom is 0.307 e. The van der Waals surface area contributed by atoms with Gasteiger partial charge in [0.25, 0.3) is 0 Å². The van der Waals surface area contributed by atoms with Crippen LogP contribution in [0.2, 0.25) is 0 Å². The molecule has 0 aromatic heterocycles. The van der Waals surface area contributed by atoms with Crippen molar-refractivity contribution in [1.29, 1.82) is 0 Å². The van der Waals surface area contributed by atoms with Gasteiger partial charge in [-0.15, -0.1) is 0 Å². The Morgan fingerprint density at radius 2 is 1.94 bits per heavy atom. The van der Waals surface area contributed by atoms with E-state index in [2.05, 4.69) is 0 Å². The van der Waals surface area contributed by atoms with Crippen LogP contribution < -0.4 is 0 Å². The molecule has 0 aromatic rings. The molecular weight excluding hydrogens is 216 g/mol. The summed E-state index contributed by atoms with van der Waals surface area (Å²) in [5, 5.41) is 0. The molecule has 4 aliphatic rings. The molecule has 17 heavy (non-hydrogen) atoms. The normalized spacial score (nSPS) is 57.5. The van der Waals surface area contributed by atoms with Crippen LogP contribution in [-0.4, -0.2) is 17.4 Å². The summed E-state index contributed by atoms with van der Waals surface area (Å²) in [5.74, 6) is -0.0443. The van der Waals surface area contributed by atoms with E-state index >= 15 is 0 Å². The largest absolute Gasteiger partial charge is 0.453 e. The van der Waals surface area contributed by atoms with Crippen LogP contribution in [0.25, 0.3) is 0 Å². The first-order valence-electron chi connectivity index (χ1n) is 6.07. The number of Topliss-reactive ketones (excluding diaryl/α,β-unsaturated/α-hetero) is 1. The third-order valence-corrected chi connectivity index (χ3v) is 5.76. The van der Waals surface area contributed by atoms with Crippen molar-refractivity contribution in [3.8, 4) is 0 Å². The Kier molecular flexibility index (Phi) is 1.21. The Balaban J connectivity index is 2.07. The zero-order valence-electron chi connectivity index (χ0n) is 9.95. The van der Waals surface area contributed by atoms with Crippen molar-refractivity contribution < 1.29 is 14.3 Å². The fraction of sp³-hybridized carbons (Fsp3) is 0.571. The topological polar surface area (TPSA) is 43.4 Å². The van der Waals surface area contributed by atoms with Crippen molar-refractivity contribution in [1.82, 2.24) is 0 Å². The van der Waals surface area contributed by atoms with Crippen molar-refractivity contribution >= 4 is 11.8 Å². The highest BCUT2D eigenvalue weighted by atomic mass is 16.6. The minimum Gasteiger partial charge on any atom is -0.453 e. The number of esters is 1. The second-order valence-electron chi connectivity index (χ2n) is 6.14. The van der Waals surface area contributed by atoms with Gasteiger partial charge in [-0.25, -0.2) is 0 Å². The molecule has 1 aliphatic heterocycles. The average Bonchev–Trinajstić information content (AvgIpc) is 2.78. The summed E-state index contributed by atoms with van der Waals surface area (Å²) in [6.45, 7) is 4.02. The summed E-state index contributed by atoms with van der Waals surface area (Å²) in [6.07, 6.45) is 8.87. The maximum absolute atomic E-state index is 12.8. The van der Waals surface area contributed by atoms with Gasteiger partial charge < -0.3 is 4.74 Å². The first kappa shape index (κ1) is 9.63. The van der Waals surface area contributed by atoms with E-state index in [0.29, 0.717) is 6.42 Å². The van der Waals surface area contributed by atoms with E-state index in [1.807, 2.05) is 38.2 Å². The number of allylic oxidation sites excluding steroid dienone is 2. The molecule has 0 amide bonds. The smallest absolute Gasteiger partial charge is 0.307 e. The Morgan fingerprint density at radius 3 is 2.59 bits per heavy atom. The van der Waals surface area contributed by atoms with E-state index in [-0.39, 0.29) is 23.6 Å². The van der Waals surface area contributed by atoms with Crippen LogP contribution in [-0.2, 0) is 14.3 Å². The fourth-order valence-corrected chi connectivity index (χ4v) is 4.55. The van der Waals surface area contributed by atoms with E-state index in [1.54, 1.807) is 0 Å². The molecule has 0 spiro atoms. The Morgan fingerprint density at radius 1 is 1.18 bits per heavy atom. The van der Waals surface area contributed by atoms with Crippen molar-refractivity contribution in [2.24, 2.45) is 16.2 Å². The van der Waals surface area contributed by atoms with Gasteiger partial charge >= 0.3 is 5.97 Å². The van der Waals surface area contributed by atoms with Gasteiger partial charge in [-0.1, -0.05) is 25.2 Å². The number of hydrogen-bond donors (Lipinski definition) is 0. The minimum absolute atomic E-state index is 0.186. The molecule has 0 aromatic carbocycles. The summed E-state index contributed by atoms with van der Waals surface area (Å²) in [7, 11) is 0. The number of ketones is 1. The monoisotopic (exact) mass is 230 g/mol. The molecule has 3 heteroatoms. The molecule has 88 valence electrons.